The number of benzene rings is 1. The van der Waals surface area contributed by atoms with Gasteiger partial charge in [-0.3, -0.25) is 14.2 Å². The number of nitrogens with one attached hydrogen (secondary N) is 2. The van der Waals surface area contributed by atoms with Crippen LogP contribution < -0.4 is 21.8 Å². The standard InChI is InChI=1S/C24H40B2N3O9PS2/c1-16(27)39(34,35)37-13-20-19(12-21(25)38-20)36-15-40-41-24(2,3)14-29-22(30)6-4-5-11-28-23(31)17-7-9-18(10-8-17)26(32)33/h7-10,16,19-21,32-33H,4-6,11-15,27H2,1-3H3,(H,28,31)(H,29,30)(H,34,35)/t16?,19-,20?,21-/m1/s1. The summed E-state index contributed by atoms with van der Waals surface area (Å²) in [4.78, 5) is 34.2. The lowest BCUT2D eigenvalue weighted by atomic mass is 9.80. The minimum atomic E-state index is -3.94. The van der Waals surface area contributed by atoms with Crippen LogP contribution in [0.1, 0.15) is 56.8 Å². The minimum Gasteiger partial charge on any atom is -0.423 e. The van der Waals surface area contributed by atoms with E-state index in [2.05, 4.69) is 10.6 Å². The zero-order chi connectivity index (χ0) is 30.6. The van der Waals surface area contributed by atoms with Crippen LogP contribution >= 0.6 is 29.2 Å². The van der Waals surface area contributed by atoms with Gasteiger partial charge in [-0.15, -0.1) is 0 Å². The van der Waals surface area contributed by atoms with E-state index in [-0.39, 0.29) is 29.3 Å². The van der Waals surface area contributed by atoms with Crippen LogP contribution in [0.15, 0.2) is 24.3 Å². The summed E-state index contributed by atoms with van der Waals surface area (Å²) in [5, 5.41) is 24.0. The number of unbranched alkanes of at least 4 members (excludes halogenated alkanes) is 1. The van der Waals surface area contributed by atoms with Gasteiger partial charge in [-0.1, -0.05) is 33.7 Å². The van der Waals surface area contributed by atoms with Gasteiger partial charge >= 0.3 is 14.7 Å². The molecule has 0 aliphatic carbocycles. The van der Waals surface area contributed by atoms with Crippen molar-refractivity contribution in [1.29, 1.82) is 0 Å². The Bertz CT molecular complexity index is 1020. The van der Waals surface area contributed by atoms with Gasteiger partial charge < -0.3 is 45.3 Å². The first kappa shape index (κ1) is 36.1. The zero-order valence-electron chi connectivity index (χ0n) is 23.6. The van der Waals surface area contributed by atoms with Gasteiger partial charge in [0.2, 0.25) is 5.91 Å². The fourth-order valence-electron chi connectivity index (χ4n) is 3.62. The van der Waals surface area contributed by atoms with E-state index in [1.54, 1.807) is 10.8 Å². The summed E-state index contributed by atoms with van der Waals surface area (Å²) in [5.41, 5.74) is 6.21. The normalized spacial score (nSPS) is 21.2. The molecule has 0 aromatic heterocycles. The van der Waals surface area contributed by atoms with Crippen molar-refractivity contribution in [2.45, 2.75) is 75.2 Å². The molecule has 1 aromatic rings. The van der Waals surface area contributed by atoms with Gasteiger partial charge in [0, 0.05) is 35.8 Å². The Hall–Kier alpha value is -1.06. The Kier molecular flexibility index (Phi) is 15.2. The average Bonchev–Trinajstić information content (AvgIpc) is 3.27. The number of rotatable bonds is 18. The molecule has 3 unspecified atom stereocenters. The van der Waals surface area contributed by atoms with E-state index in [0.717, 1.165) is 0 Å². The maximum absolute atomic E-state index is 12.3. The monoisotopic (exact) mass is 631 g/mol. The largest absolute Gasteiger partial charge is 0.488 e. The lowest BCUT2D eigenvalue weighted by Crippen LogP contribution is -2.36. The van der Waals surface area contributed by atoms with Gasteiger partial charge in [0.1, 0.15) is 25.7 Å². The van der Waals surface area contributed by atoms with E-state index >= 15 is 0 Å². The van der Waals surface area contributed by atoms with Gasteiger partial charge in [0.15, 0.2) is 0 Å². The molecule has 1 aliphatic heterocycles. The molecule has 228 valence electrons. The number of nitrogens with two attached hydrogens (primary N) is 1. The van der Waals surface area contributed by atoms with E-state index < -0.39 is 32.6 Å². The molecule has 2 rings (SSSR count). The molecule has 2 radical (unpaired) electrons. The second-order valence-electron chi connectivity index (χ2n) is 10.3. The first-order chi connectivity index (χ1) is 19.2. The second kappa shape index (κ2) is 17.3. The first-order valence-electron chi connectivity index (χ1n) is 13.3. The molecule has 0 bridgehead atoms. The van der Waals surface area contributed by atoms with Crippen LogP contribution in [0.3, 0.4) is 0 Å². The average molecular weight is 631 g/mol. The van der Waals surface area contributed by atoms with Gasteiger partial charge in [0.25, 0.3) is 5.91 Å². The first-order valence-corrected chi connectivity index (χ1v) is 17.2. The number of carbonyl (C=O) groups excluding carboxylic acids is 2. The Morgan fingerprint density at radius 3 is 2.59 bits per heavy atom. The maximum Gasteiger partial charge on any atom is 0.488 e. The fraction of sp³-hybridized carbons (Fsp3) is 0.667. The molecule has 1 aliphatic rings. The summed E-state index contributed by atoms with van der Waals surface area (Å²) < 4.78 is 28.2. The van der Waals surface area contributed by atoms with Crippen molar-refractivity contribution in [3.8, 4) is 0 Å². The van der Waals surface area contributed by atoms with E-state index in [0.29, 0.717) is 55.7 Å². The summed E-state index contributed by atoms with van der Waals surface area (Å²) in [6, 6.07) is 5.45. The lowest BCUT2D eigenvalue weighted by molar-refractivity contribution is -0.121. The Balaban J connectivity index is 1.58. The van der Waals surface area contributed by atoms with E-state index in [9.17, 15) is 19.0 Å². The Labute approximate surface area is 251 Å². The number of ether oxygens (including phenoxy) is 2. The second-order valence-corrected chi connectivity index (χ2v) is 15.5. The number of hydrogen-bond donors (Lipinski definition) is 6. The van der Waals surface area contributed by atoms with Gasteiger partial charge in [-0.05, 0) is 57.6 Å². The predicted octanol–water partition coefficient (Wildman–Crippen LogP) is 0.676. The lowest BCUT2D eigenvalue weighted by Gasteiger charge is -2.25. The molecule has 1 saturated heterocycles. The fourth-order valence-corrected chi connectivity index (χ4v) is 6.39. The molecule has 2 amide bonds. The zero-order valence-corrected chi connectivity index (χ0v) is 26.1. The van der Waals surface area contributed by atoms with Crippen LogP contribution in [-0.2, 0) is 23.4 Å². The Morgan fingerprint density at radius 2 is 1.95 bits per heavy atom. The molecule has 1 heterocycles. The molecule has 1 fully saturated rings. The summed E-state index contributed by atoms with van der Waals surface area (Å²) in [7, 11) is 3.38. The molecular weight excluding hydrogens is 591 g/mol. The third-order valence-corrected chi connectivity index (χ3v) is 10.6. The van der Waals surface area contributed by atoms with Crippen LogP contribution in [0, 0.1) is 0 Å². The highest BCUT2D eigenvalue weighted by atomic mass is 33.1. The third kappa shape index (κ3) is 13.4. The summed E-state index contributed by atoms with van der Waals surface area (Å²) in [5.74, 6) is -1.03. The highest BCUT2D eigenvalue weighted by Gasteiger charge is 2.36. The smallest absolute Gasteiger partial charge is 0.423 e. The molecule has 0 saturated carbocycles. The number of carbonyl (C=O) groups is 2. The SMILES string of the molecule is [B][C@H]1C[C@@H](OCSSC(C)(C)CNC(=O)CCCCNC(=O)c2ccc(B(O)O)cc2)C(COP(=O)(O)C(C)N)O1. The van der Waals surface area contributed by atoms with Crippen LogP contribution in [0.25, 0.3) is 0 Å². The molecule has 0 spiro atoms. The highest BCUT2D eigenvalue weighted by molar-refractivity contribution is 8.77. The number of amides is 2. The molecular formula is C24H40B2N3O9PS2. The van der Waals surface area contributed by atoms with Crippen LogP contribution in [-0.4, -0.2) is 96.1 Å². The third-order valence-electron chi connectivity index (χ3n) is 6.08. The van der Waals surface area contributed by atoms with Crippen molar-refractivity contribution in [3.05, 3.63) is 29.8 Å². The van der Waals surface area contributed by atoms with Crippen LogP contribution in [0.2, 0.25) is 0 Å². The summed E-state index contributed by atoms with van der Waals surface area (Å²) in [6.07, 6.45) is 1.05. The van der Waals surface area contributed by atoms with Crippen molar-refractivity contribution in [2.24, 2.45) is 5.73 Å². The molecule has 41 heavy (non-hydrogen) atoms. The quantitative estimate of drug-likeness (QED) is 0.0438. The molecule has 7 N–H and O–H groups in total. The summed E-state index contributed by atoms with van der Waals surface area (Å²) in [6.45, 7) is 6.13. The highest BCUT2D eigenvalue weighted by Crippen LogP contribution is 2.45. The Morgan fingerprint density at radius 1 is 1.27 bits per heavy atom. The van der Waals surface area contributed by atoms with E-state index in [1.165, 1.54) is 42.0 Å². The van der Waals surface area contributed by atoms with Crippen LogP contribution in [0.4, 0.5) is 0 Å². The van der Waals surface area contributed by atoms with Crippen molar-refractivity contribution in [3.63, 3.8) is 0 Å². The molecule has 1 aromatic carbocycles. The topological polar surface area (TPSA) is 190 Å². The van der Waals surface area contributed by atoms with Crippen molar-refractivity contribution < 1.29 is 43.1 Å². The molecule has 5 atom stereocenters. The van der Waals surface area contributed by atoms with Crippen LogP contribution in [0.5, 0.6) is 0 Å². The molecule has 17 heteroatoms. The van der Waals surface area contributed by atoms with Crippen molar-refractivity contribution in [1.82, 2.24) is 10.6 Å². The minimum absolute atomic E-state index is 0.0719. The van der Waals surface area contributed by atoms with E-state index in [1.807, 2.05) is 13.8 Å². The van der Waals surface area contributed by atoms with Gasteiger partial charge in [-0.25, -0.2) is 0 Å². The summed E-state index contributed by atoms with van der Waals surface area (Å²) >= 11 is 0. The maximum atomic E-state index is 12.3. The van der Waals surface area contributed by atoms with Crippen molar-refractivity contribution in [2.75, 3.05) is 25.6 Å². The van der Waals surface area contributed by atoms with E-state index in [4.69, 9.17) is 37.6 Å². The molecule has 12 nitrogen and oxygen atoms in total. The predicted molar refractivity (Wildman–Crippen MR) is 163 cm³/mol. The number of hydrogen-bond acceptors (Lipinski definition) is 11. The van der Waals surface area contributed by atoms with Crippen molar-refractivity contribution >= 4 is 61.4 Å². The van der Waals surface area contributed by atoms with Gasteiger partial charge in [0.05, 0.1) is 12.7 Å². The van der Waals surface area contributed by atoms with Gasteiger partial charge in [-0.2, -0.15) is 0 Å².